The second-order valence-corrected chi connectivity index (χ2v) is 11.1. The molecular weight excluding hydrogens is 404 g/mol. The molecular formula is C17H18N4O3S3. The van der Waals surface area contributed by atoms with Gasteiger partial charge in [-0.3, -0.25) is 10.1 Å². The Bertz CT molecular complexity index is 1080. The zero-order chi connectivity index (χ0) is 19.2. The molecule has 0 aliphatic carbocycles. The van der Waals surface area contributed by atoms with E-state index >= 15 is 0 Å². The molecule has 1 amide bonds. The molecule has 0 atom stereocenters. The lowest BCUT2D eigenvalue weighted by atomic mass is 10.2. The molecule has 4 rings (SSSR count). The predicted octanol–water partition coefficient (Wildman–Crippen LogP) is 3.10. The molecule has 0 unspecified atom stereocenters. The molecule has 142 valence electrons. The van der Waals surface area contributed by atoms with Crippen molar-refractivity contribution in [1.82, 2.24) is 14.3 Å². The number of sulfonamides is 1. The Morgan fingerprint density at radius 1 is 1.22 bits per heavy atom. The van der Waals surface area contributed by atoms with Crippen molar-refractivity contribution in [2.24, 2.45) is 0 Å². The first-order valence-electron chi connectivity index (χ1n) is 8.49. The monoisotopic (exact) mass is 422 g/mol. The van der Waals surface area contributed by atoms with Crippen molar-refractivity contribution in [1.29, 1.82) is 0 Å². The number of hydrogen-bond acceptors (Lipinski definition) is 7. The normalized spacial score (nSPS) is 15.2. The minimum absolute atomic E-state index is 0.297. The lowest BCUT2D eigenvalue weighted by Gasteiger charge is -2.26. The number of aromatic nitrogens is 2. The quantitative estimate of drug-likeness (QED) is 0.697. The molecule has 0 spiro atoms. The maximum Gasteiger partial charge on any atom is 0.286 e. The maximum atomic E-state index is 12.5. The molecule has 0 saturated heterocycles. The van der Waals surface area contributed by atoms with Crippen molar-refractivity contribution in [3.8, 4) is 0 Å². The molecule has 2 aromatic heterocycles. The van der Waals surface area contributed by atoms with Gasteiger partial charge in [-0.15, -0.1) is 22.7 Å². The topological polar surface area (TPSA) is 92.3 Å². The SMILES string of the molecule is CC(C)S(=O)(=O)N1CCc2nc(NC(=O)c3nc4ccccc4s3)sc2C1. The average molecular weight is 423 g/mol. The van der Waals surface area contributed by atoms with Gasteiger partial charge in [0.15, 0.2) is 10.1 Å². The fraction of sp³-hybridized carbons (Fsp3) is 0.353. The lowest BCUT2D eigenvalue weighted by Crippen LogP contribution is -2.39. The predicted molar refractivity (Wildman–Crippen MR) is 108 cm³/mol. The van der Waals surface area contributed by atoms with Crippen molar-refractivity contribution in [2.75, 3.05) is 11.9 Å². The van der Waals surface area contributed by atoms with Crippen LogP contribution in [0.5, 0.6) is 0 Å². The van der Waals surface area contributed by atoms with E-state index in [4.69, 9.17) is 0 Å². The Labute approximate surface area is 165 Å². The van der Waals surface area contributed by atoms with Gasteiger partial charge in [-0.05, 0) is 26.0 Å². The Morgan fingerprint density at radius 2 is 2.00 bits per heavy atom. The molecule has 0 radical (unpaired) electrons. The van der Waals surface area contributed by atoms with Crippen molar-refractivity contribution in [3.63, 3.8) is 0 Å². The number of amides is 1. The van der Waals surface area contributed by atoms with E-state index in [1.54, 1.807) is 13.8 Å². The highest BCUT2D eigenvalue weighted by Crippen LogP contribution is 2.31. The highest BCUT2D eigenvalue weighted by molar-refractivity contribution is 7.89. The fourth-order valence-electron chi connectivity index (χ4n) is 2.86. The van der Waals surface area contributed by atoms with Crippen molar-refractivity contribution in [3.05, 3.63) is 39.8 Å². The van der Waals surface area contributed by atoms with Crippen molar-refractivity contribution < 1.29 is 13.2 Å². The van der Waals surface area contributed by atoms with Gasteiger partial charge in [-0.2, -0.15) is 4.31 Å². The van der Waals surface area contributed by atoms with E-state index in [2.05, 4.69) is 15.3 Å². The average Bonchev–Trinajstić information content (AvgIpc) is 3.24. The summed E-state index contributed by atoms with van der Waals surface area (Å²) in [6, 6.07) is 7.59. The van der Waals surface area contributed by atoms with E-state index in [9.17, 15) is 13.2 Å². The van der Waals surface area contributed by atoms with Crippen LogP contribution in [0, 0.1) is 0 Å². The number of fused-ring (bicyclic) bond motifs is 2. The van der Waals surface area contributed by atoms with E-state index in [1.807, 2.05) is 24.3 Å². The molecule has 0 saturated carbocycles. The molecule has 27 heavy (non-hydrogen) atoms. The Morgan fingerprint density at radius 3 is 2.74 bits per heavy atom. The van der Waals surface area contributed by atoms with Crippen LogP contribution in [0.4, 0.5) is 5.13 Å². The summed E-state index contributed by atoms with van der Waals surface area (Å²) in [4.78, 5) is 22.2. The van der Waals surface area contributed by atoms with Crippen LogP contribution >= 0.6 is 22.7 Å². The second-order valence-electron chi connectivity index (χ2n) is 6.51. The van der Waals surface area contributed by atoms with E-state index in [0.717, 1.165) is 20.8 Å². The number of anilines is 1. The summed E-state index contributed by atoms with van der Waals surface area (Å²) in [5.41, 5.74) is 1.65. The fourth-order valence-corrected chi connectivity index (χ4v) is 6.07. The molecule has 3 aromatic rings. The van der Waals surface area contributed by atoms with Gasteiger partial charge >= 0.3 is 0 Å². The standard InChI is InChI=1S/C17H18N4O3S3/c1-10(2)27(23,24)21-8-7-12-14(9-21)26-17(19-12)20-15(22)16-18-11-5-3-4-6-13(11)25-16/h3-6,10H,7-9H2,1-2H3,(H,19,20,22). The summed E-state index contributed by atoms with van der Waals surface area (Å²) in [6.45, 7) is 4.09. The second kappa shape index (κ2) is 6.93. The number of nitrogens with zero attached hydrogens (tertiary/aromatic N) is 3. The van der Waals surface area contributed by atoms with Crippen LogP contribution in [0.1, 0.15) is 34.2 Å². The summed E-state index contributed by atoms with van der Waals surface area (Å²) in [5, 5.41) is 3.21. The summed E-state index contributed by atoms with van der Waals surface area (Å²) < 4.78 is 27.2. The molecule has 1 aromatic carbocycles. The number of carbonyl (C=O) groups excluding carboxylic acids is 1. The Kier molecular flexibility index (Phi) is 4.75. The number of benzene rings is 1. The lowest BCUT2D eigenvalue weighted by molar-refractivity contribution is 0.102. The first-order chi connectivity index (χ1) is 12.8. The van der Waals surface area contributed by atoms with Crippen LogP contribution in [0.2, 0.25) is 0 Å². The maximum absolute atomic E-state index is 12.5. The van der Waals surface area contributed by atoms with Crippen molar-refractivity contribution >= 4 is 54.0 Å². The minimum atomic E-state index is -3.30. The third kappa shape index (κ3) is 3.49. The van der Waals surface area contributed by atoms with Gasteiger partial charge in [-0.25, -0.2) is 18.4 Å². The highest BCUT2D eigenvalue weighted by atomic mass is 32.2. The van der Waals surface area contributed by atoms with Gasteiger partial charge < -0.3 is 0 Å². The van der Waals surface area contributed by atoms with Crippen molar-refractivity contribution in [2.45, 2.75) is 32.1 Å². The third-order valence-electron chi connectivity index (χ3n) is 4.36. The van der Waals surface area contributed by atoms with E-state index in [0.29, 0.717) is 29.6 Å². The van der Waals surface area contributed by atoms with Crippen LogP contribution in [0.15, 0.2) is 24.3 Å². The summed E-state index contributed by atoms with van der Waals surface area (Å²) in [6.07, 6.45) is 0.550. The number of thiazole rings is 2. The molecule has 7 nitrogen and oxygen atoms in total. The van der Waals surface area contributed by atoms with Gasteiger partial charge in [0, 0.05) is 24.4 Å². The molecule has 1 aliphatic heterocycles. The van der Waals surface area contributed by atoms with E-state index in [-0.39, 0.29) is 5.91 Å². The third-order valence-corrected chi connectivity index (χ3v) is 8.62. The summed E-state index contributed by atoms with van der Waals surface area (Å²) in [5.74, 6) is -0.297. The molecule has 0 bridgehead atoms. The van der Waals surface area contributed by atoms with Gasteiger partial charge in [0.25, 0.3) is 5.91 Å². The molecule has 1 aliphatic rings. The van der Waals surface area contributed by atoms with Crippen LogP contribution in [-0.2, 0) is 23.0 Å². The zero-order valence-corrected chi connectivity index (χ0v) is 17.2. The van der Waals surface area contributed by atoms with Crippen LogP contribution in [0.25, 0.3) is 10.2 Å². The summed E-state index contributed by atoms with van der Waals surface area (Å²) in [7, 11) is -3.30. The number of nitrogens with one attached hydrogen (secondary N) is 1. The number of rotatable bonds is 4. The Hall–Kier alpha value is -1.88. The molecule has 1 N–H and O–H groups in total. The molecule has 10 heteroatoms. The van der Waals surface area contributed by atoms with E-state index < -0.39 is 15.3 Å². The van der Waals surface area contributed by atoms with Gasteiger partial charge in [0.1, 0.15) is 0 Å². The summed E-state index contributed by atoms with van der Waals surface area (Å²) >= 11 is 2.66. The number of hydrogen-bond donors (Lipinski definition) is 1. The first-order valence-corrected chi connectivity index (χ1v) is 11.6. The number of para-hydroxylation sites is 1. The molecule has 0 fully saturated rings. The minimum Gasteiger partial charge on any atom is -0.296 e. The van der Waals surface area contributed by atoms with Crippen LogP contribution < -0.4 is 5.32 Å². The Balaban J connectivity index is 1.52. The first kappa shape index (κ1) is 18.5. The van der Waals surface area contributed by atoms with Gasteiger partial charge in [-0.1, -0.05) is 12.1 Å². The van der Waals surface area contributed by atoms with Gasteiger partial charge in [0.05, 0.1) is 21.2 Å². The van der Waals surface area contributed by atoms with E-state index in [1.165, 1.54) is 27.0 Å². The molecule has 3 heterocycles. The van der Waals surface area contributed by atoms with Crippen LogP contribution in [-0.4, -0.2) is 40.4 Å². The van der Waals surface area contributed by atoms with Gasteiger partial charge in [0.2, 0.25) is 10.0 Å². The number of carbonyl (C=O) groups is 1. The highest BCUT2D eigenvalue weighted by Gasteiger charge is 2.31. The smallest absolute Gasteiger partial charge is 0.286 e. The zero-order valence-electron chi connectivity index (χ0n) is 14.8. The largest absolute Gasteiger partial charge is 0.296 e. The van der Waals surface area contributed by atoms with Crippen LogP contribution in [0.3, 0.4) is 0 Å².